The van der Waals surface area contributed by atoms with Crippen LogP contribution in [-0.4, -0.2) is 7.11 Å². The fraction of sp³-hybridized carbons (Fsp3) is 0.200. The maximum absolute atomic E-state index is 13.7. The molecule has 6 heteroatoms. The van der Waals surface area contributed by atoms with E-state index in [1.165, 1.54) is 13.2 Å². The fourth-order valence-electron chi connectivity index (χ4n) is 1.96. The van der Waals surface area contributed by atoms with Gasteiger partial charge in [0.15, 0.2) is 11.6 Å². The van der Waals surface area contributed by atoms with E-state index >= 15 is 0 Å². The summed E-state index contributed by atoms with van der Waals surface area (Å²) in [5.41, 5.74) is 1.39. The maximum Gasteiger partial charge on any atom is 0.167 e. The van der Waals surface area contributed by atoms with Gasteiger partial charge >= 0.3 is 0 Å². The second-order valence-electron chi connectivity index (χ2n) is 4.48. The molecule has 0 bridgehead atoms. The monoisotopic (exact) mass is 347 g/mol. The quantitative estimate of drug-likeness (QED) is 0.687. The number of benzene rings is 2. The summed E-state index contributed by atoms with van der Waals surface area (Å²) < 4.78 is 18.6. The third-order valence-electron chi connectivity index (χ3n) is 3.07. The van der Waals surface area contributed by atoms with E-state index < -0.39 is 5.82 Å². The Hall–Kier alpha value is -1.16. The fourth-order valence-corrected chi connectivity index (χ4v) is 2.67. The summed E-state index contributed by atoms with van der Waals surface area (Å²) in [6, 6.07) is 7.94. The lowest BCUT2D eigenvalue weighted by molar-refractivity contribution is 0.386. The first-order chi connectivity index (χ1) is 9.93. The molecular formula is C15H13Cl3FNO. The third-order valence-corrected chi connectivity index (χ3v) is 4.37. The van der Waals surface area contributed by atoms with Crippen molar-refractivity contribution in [3.8, 4) is 5.75 Å². The van der Waals surface area contributed by atoms with Crippen molar-refractivity contribution in [3.63, 3.8) is 0 Å². The zero-order valence-corrected chi connectivity index (χ0v) is 13.7. The molecule has 1 atom stereocenters. The molecule has 0 spiro atoms. The van der Waals surface area contributed by atoms with E-state index in [1.807, 2.05) is 6.92 Å². The molecule has 2 aromatic rings. The third kappa shape index (κ3) is 3.54. The summed E-state index contributed by atoms with van der Waals surface area (Å²) in [5.74, 6) is -0.240. The van der Waals surface area contributed by atoms with Gasteiger partial charge in [-0.15, -0.1) is 0 Å². The van der Waals surface area contributed by atoms with Crippen molar-refractivity contribution in [3.05, 3.63) is 56.8 Å². The summed E-state index contributed by atoms with van der Waals surface area (Å²) in [7, 11) is 1.42. The van der Waals surface area contributed by atoms with E-state index in [-0.39, 0.29) is 11.8 Å². The van der Waals surface area contributed by atoms with Gasteiger partial charge in [0.1, 0.15) is 0 Å². The lowest BCUT2D eigenvalue weighted by Crippen LogP contribution is -2.07. The Morgan fingerprint density at radius 2 is 1.81 bits per heavy atom. The van der Waals surface area contributed by atoms with Crippen LogP contribution in [0, 0.1) is 5.82 Å². The van der Waals surface area contributed by atoms with E-state index in [1.54, 1.807) is 24.3 Å². The zero-order valence-electron chi connectivity index (χ0n) is 11.4. The van der Waals surface area contributed by atoms with Crippen molar-refractivity contribution in [1.82, 2.24) is 0 Å². The Labute approximate surface area is 137 Å². The van der Waals surface area contributed by atoms with Gasteiger partial charge in [0, 0.05) is 11.8 Å². The van der Waals surface area contributed by atoms with Gasteiger partial charge in [-0.2, -0.15) is 0 Å². The topological polar surface area (TPSA) is 21.3 Å². The summed E-state index contributed by atoms with van der Waals surface area (Å²) in [5, 5.41) is 4.25. The van der Waals surface area contributed by atoms with Gasteiger partial charge in [-0.1, -0.05) is 40.9 Å². The Bertz CT molecular complexity index is 664. The van der Waals surface area contributed by atoms with Gasteiger partial charge in [0.05, 0.1) is 28.2 Å². The number of hydrogen-bond acceptors (Lipinski definition) is 2. The molecule has 2 aromatic carbocycles. The molecule has 0 saturated heterocycles. The molecule has 0 aliphatic rings. The van der Waals surface area contributed by atoms with E-state index in [0.717, 1.165) is 5.56 Å². The van der Waals surface area contributed by atoms with E-state index in [0.29, 0.717) is 20.8 Å². The highest BCUT2D eigenvalue weighted by Crippen LogP contribution is 2.36. The highest BCUT2D eigenvalue weighted by atomic mass is 35.5. The largest absolute Gasteiger partial charge is 0.494 e. The molecule has 1 N–H and O–H groups in total. The first-order valence-corrected chi connectivity index (χ1v) is 7.31. The van der Waals surface area contributed by atoms with Crippen LogP contribution in [0.4, 0.5) is 10.1 Å². The van der Waals surface area contributed by atoms with Gasteiger partial charge in [-0.05, 0) is 30.7 Å². The van der Waals surface area contributed by atoms with Crippen LogP contribution in [0.2, 0.25) is 15.1 Å². The van der Waals surface area contributed by atoms with E-state index in [2.05, 4.69) is 5.32 Å². The number of halogens is 4. The molecule has 0 aliphatic heterocycles. The second-order valence-corrected chi connectivity index (χ2v) is 5.64. The standard InChI is InChI=1S/C15H13Cl3FNO/c1-8(10-4-5-11(16)15(18)14(10)17)20-9-3-6-13(21-2)12(19)7-9/h3-8,20H,1-2H3. The molecule has 0 heterocycles. The van der Waals surface area contributed by atoms with Gasteiger partial charge < -0.3 is 10.1 Å². The van der Waals surface area contributed by atoms with E-state index in [9.17, 15) is 4.39 Å². The highest BCUT2D eigenvalue weighted by molar-refractivity contribution is 6.48. The van der Waals surface area contributed by atoms with Crippen molar-refractivity contribution < 1.29 is 9.13 Å². The summed E-state index contributed by atoms with van der Waals surface area (Å²) >= 11 is 18.1. The molecule has 1 unspecified atom stereocenters. The molecule has 2 nitrogen and oxygen atoms in total. The molecule has 2 rings (SSSR count). The summed E-state index contributed by atoms with van der Waals surface area (Å²) in [6.45, 7) is 1.90. The van der Waals surface area contributed by atoms with Gasteiger partial charge in [-0.25, -0.2) is 4.39 Å². The minimum Gasteiger partial charge on any atom is -0.494 e. The number of hydrogen-bond donors (Lipinski definition) is 1. The maximum atomic E-state index is 13.7. The van der Waals surface area contributed by atoms with Crippen LogP contribution in [0.5, 0.6) is 5.75 Å². The molecule has 0 fully saturated rings. The average Bonchev–Trinajstić information content (AvgIpc) is 2.45. The first kappa shape index (κ1) is 16.2. The zero-order chi connectivity index (χ0) is 15.6. The summed E-state index contributed by atoms with van der Waals surface area (Å²) in [4.78, 5) is 0. The predicted octanol–water partition coefficient (Wildman–Crippen LogP) is 5.97. The number of ether oxygens (including phenoxy) is 1. The van der Waals surface area contributed by atoms with Gasteiger partial charge in [0.25, 0.3) is 0 Å². The number of nitrogens with one attached hydrogen (secondary N) is 1. The molecule has 0 aliphatic carbocycles. The van der Waals surface area contributed by atoms with E-state index in [4.69, 9.17) is 39.5 Å². The molecule has 0 saturated carbocycles. The normalized spacial score (nSPS) is 12.1. The smallest absolute Gasteiger partial charge is 0.167 e. The van der Waals surface area contributed by atoms with Crippen molar-refractivity contribution >= 4 is 40.5 Å². The van der Waals surface area contributed by atoms with Crippen LogP contribution in [0.15, 0.2) is 30.3 Å². The molecule has 0 aromatic heterocycles. The molecule has 112 valence electrons. The highest BCUT2D eigenvalue weighted by Gasteiger charge is 2.15. The average molecular weight is 349 g/mol. The Morgan fingerprint density at radius 1 is 1.10 bits per heavy atom. The van der Waals surface area contributed by atoms with Gasteiger partial charge in [0.2, 0.25) is 0 Å². The van der Waals surface area contributed by atoms with Crippen molar-refractivity contribution in [2.24, 2.45) is 0 Å². The lowest BCUT2D eigenvalue weighted by Gasteiger charge is -2.18. The number of rotatable bonds is 4. The van der Waals surface area contributed by atoms with Crippen LogP contribution in [0.3, 0.4) is 0 Å². The minimum atomic E-state index is -0.435. The second kappa shape index (κ2) is 6.73. The van der Waals surface area contributed by atoms with Crippen molar-refractivity contribution in [2.75, 3.05) is 12.4 Å². The molecule has 0 radical (unpaired) electrons. The number of methoxy groups -OCH3 is 1. The first-order valence-electron chi connectivity index (χ1n) is 6.17. The van der Waals surface area contributed by atoms with Crippen molar-refractivity contribution in [1.29, 1.82) is 0 Å². The Morgan fingerprint density at radius 3 is 2.43 bits per heavy atom. The summed E-state index contributed by atoms with van der Waals surface area (Å²) in [6.07, 6.45) is 0. The SMILES string of the molecule is COc1ccc(NC(C)c2ccc(Cl)c(Cl)c2Cl)cc1F. The van der Waals surface area contributed by atoms with Crippen LogP contribution < -0.4 is 10.1 Å². The molecule has 0 amide bonds. The van der Waals surface area contributed by atoms with Gasteiger partial charge in [-0.3, -0.25) is 0 Å². The van der Waals surface area contributed by atoms with Crippen LogP contribution >= 0.6 is 34.8 Å². The van der Waals surface area contributed by atoms with Crippen molar-refractivity contribution in [2.45, 2.75) is 13.0 Å². The lowest BCUT2D eigenvalue weighted by atomic mass is 10.1. The number of anilines is 1. The Kier molecular flexibility index (Phi) is 5.20. The molecular weight excluding hydrogens is 336 g/mol. The Balaban J connectivity index is 2.24. The van der Waals surface area contributed by atoms with Crippen LogP contribution in [0.1, 0.15) is 18.5 Å². The van der Waals surface area contributed by atoms with Crippen LogP contribution in [0.25, 0.3) is 0 Å². The minimum absolute atomic E-state index is 0.167. The predicted molar refractivity (Wildman–Crippen MR) is 86.5 cm³/mol. The molecule has 21 heavy (non-hydrogen) atoms. The van der Waals surface area contributed by atoms with Crippen LogP contribution in [-0.2, 0) is 0 Å².